The Labute approximate surface area is 132 Å². The summed E-state index contributed by atoms with van der Waals surface area (Å²) in [6.07, 6.45) is -10.1. The third kappa shape index (κ3) is 5.97. The van der Waals surface area contributed by atoms with Gasteiger partial charge in [-0.3, -0.25) is 10.1 Å². The van der Waals surface area contributed by atoms with Gasteiger partial charge in [-0.2, -0.15) is 26.3 Å². The molecule has 3 amide bonds. The fourth-order valence-corrected chi connectivity index (χ4v) is 1.53. The minimum Gasteiger partial charge on any atom is -0.484 e. The Bertz CT molecular complexity index is 580. The average Bonchev–Trinajstić information content (AvgIpc) is 2.43. The third-order valence-corrected chi connectivity index (χ3v) is 2.52. The number of ether oxygens (including phenoxy) is 1. The first-order chi connectivity index (χ1) is 10.9. The summed E-state index contributed by atoms with van der Waals surface area (Å²) in [5.41, 5.74) is -3.15. The number of halogens is 6. The number of hydrogen-bond donors (Lipinski definition) is 2. The van der Waals surface area contributed by atoms with Crippen molar-refractivity contribution in [2.45, 2.75) is 19.3 Å². The van der Waals surface area contributed by atoms with E-state index in [0.717, 1.165) is 0 Å². The number of carbonyl (C=O) groups excluding carboxylic acids is 2. The minimum atomic E-state index is -5.03. The summed E-state index contributed by atoms with van der Waals surface area (Å²) < 4.78 is 80.4. The molecule has 0 saturated carbocycles. The normalized spacial score (nSPS) is 11.8. The number of imide groups is 1. The number of benzene rings is 1. The first-order valence-electron chi connectivity index (χ1n) is 6.43. The van der Waals surface area contributed by atoms with Crippen molar-refractivity contribution in [3.05, 3.63) is 29.3 Å². The van der Waals surface area contributed by atoms with Gasteiger partial charge in [-0.15, -0.1) is 0 Å². The van der Waals surface area contributed by atoms with E-state index < -0.39 is 47.8 Å². The average molecular weight is 358 g/mol. The second-order valence-electron chi connectivity index (χ2n) is 4.44. The number of alkyl halides is 6. The molecule has 0 heterocycles. The molecule has 0 atom stereocenters. The lowest BCUT2D eigenvalue weighted by atomic mass is 10.1. The van der Waals surface area contributed by atoms with Crippen LogP contribution in [0.1, 0.15) is 18.1 Å². The lowest BCUT2D eigenvalue weighted by Gasteiger charge is -2.14. The monoisotopic (exact) mass is 358 g/mol. The van der Waals surface area contributed by atoms with E-state index in [0.29, 0.717) is 12.1 Å². The fraction of sp³-hybridized carbons (Fsp3) is 0.385. The minimum absolute atomic E-state index is 0.0678. The van der Waals surface area contributed by atoms with Gasteiger partial charge in [0.15, 0.2) is 6.61 Å². The van der Waals surface area contributed by atoms with E-state index in [1.807, 2.05) is 0 Å². The molecule has 0 aliphatic rings. The second-order valence-corrected chi connectivity index (χ2v) is 4.44. The molecule has 11 heteroatoms. The Morgan fingerprint density at radius 1 is 1.00 bits per heavy atom. The highest BCUT2D eigenvalue weighted by Gasteiger charge is 2.37. The summed E-state index contributed by atoms with van der Waals surface area (Å²) in [6.45, 7) is 0.847. The first-order valence-corrected chi connectivity index (χ1v) is 6.43. The smallest absolute Gasteiger partial charge is 0.416 e. The van der Waals surface area contributed by atoms with Gasteiger partial charge < -0.3 is 10.1 Å². The molecule has 1 aromatic carbocycles. The van der Waals surface area contributed by atoms with Gasteiger partial charge in [0.2, 0.25) is 0 Å². The Morgan fingerprint density at radius 2 is 1.50 bits per heavy atom. The number of nitrogens with one attached hydrogen (secondary N) is 2. The molecule has 2 N–H and O–H groups in total. The van der Waals surface area contributed by atoms with E-state index in [1.54, 1.807) is 12.2 Å². The molecule has 0 aliphatic carbocycles. The molecule has 0 fully saturated rings. The summed E-state index contributed by atoms with van der Waals surface area (Å²) in [6, 6.07) is -0.281. The van der Waals surface area contributed by atoms with Gasteiger partial charge in [0.1, 0.15) is 5.75 Å². The summed E-state index contributed by atoms with van der Waals surface area (Å²) in [4.78, 5) is 22.4. The summed E-state index contributed by atoms with van der Waals surface area (Å²) >= 11 is 0. The SMILES string of the molecule is CCNC(=O)NC(=O)COc1cc(C(F)(F)F)cc(C(F)(F)F)c1. The molecule has 0 spiro atoms. The first kappa shape index (κ1) is 19.6. The molecule has 0 saturated heterocycles. The molecule has 0 unspecified atom stereocenters. The van der Waals surface area contributed by atoms with Crippen LogP contribution in [0, 0.1) is 0 Å². The topological polar surface area (TPSA) is 67.4 Å². The number of rotatable bonds is 4. The summed E-state index contributed by atoms with van der Waals surface area (Å²) in [5.74, 6) is -1.84. The van der Waals surface area contributed by atoms with Crippen molar-refractivity contribution >= 4 is 11.9 Å². The number of urea groups is 1. The third-order valence-electron chi connectivity index (χ3n) is 2.52. The Hall–Kier alpha value is -2.46. The maximum Gasteiger partial charge on any atom is 0.416 e. The zero-order chi connectivity index (χ0) is 18.5. The molecule has 0 radical (unpaired) electrons. The molecule has 1 rings (SSSR count). The van der Waals surface area contributed by atoms with Gasteiger partial charge in [0, 0.05) is 6.54 Å². The van der Waals surface area contributed by atoms with E-state index in [9.17, 15) is 35.9 Å². The van der Waals surface area contributed by atoms with Crippen molar-refractivity contribution in [3.63, 3.8) is 0 Å². The molecule has 134 valence electrons. The zero-order valence-corrected chi connectivity index (χ0v) is 12.1. The van der Waals surface area contributed by atoms with E-state index in [4.69, 9.17) is 0 Å². The fourth-order valence-electron chi connectivity index (χ4n) is 1.53. The van der Waals surface area contributed by atoms with Crippen LogP contribution in [0.15, 0.2) is 18.2 Å². The Morgan fingerprint density at radius 3 is 1.92 bits per heavy atom. The molecule has 5 nitrogen and oxygen atoms in total. The van der Waals surface area contributed by atoms with E-state index in [2.05, 4.69) is 10.1 Å². The Kier molecular flexibility index (Phi) is 6.04. The summed E-state index contributed by atoms with van der Waals surface area (Å²) in [7, 11) is 0. The molecular weight excluding hydrogens is 346 g/mol. The number of amides is 3. The van der Waals surface area contributed by atoms with Crippen LogP contribution >= 0.6 is 0 Å². The Balaban J connectivity index is 2.91. The highest BCUT2D eigenvalue weighted by atomic mass is 19.4. The maximum atomic E-state index is 12.6. The predicted octanol–water partition coefficient (Wildman–Crippen LogP) is 2.95. The molecule has 0 bridgehead atoms. The molecule has 0 aromatic heterocycles. The maximum absolute atomic E-state index is 12.6. The lowest BCUT2D eigenvalue weighted by molar-refractivity contribution is -0.143. The van der Waals surface area contributed by atoms with Crippen molar-refractivity contribution in [1.82, 2.24) is 10.6 Å². The van der Waals surface area contributed by atoms with Gasteiger partial charge in [-0.05, 0) is 25.1 Å². The van der Waals surface area contributed by atoms with E-state index >= 15 is 0 Å². The van der Waals surface area contributed by atoms with Crippen LogP contribution in [0.4, 0.5) is 31.1 Å². The van der Waals surface area contributed by atoms with Crippen LogP contribution in [-0.4, -0.2) is 25.1 Å². The predicted molar refractivity (Wildman–Crippen MR) is 69.2 cm³/mol. The van der Waals surface area contributed by atoms with Crippen molar-refractivity contribution in [3.8, 4) is 5.75 Å². The molecule has 0 aliphatic heterocycles. The van der Waals surface area contributed by atoms with Crippen LogP contribution in [0.2, 0.25) is 0 Å². The largest absolute Gasteiger partial charge is 0.484 e. The van der Waals surface area contributed by atoms with Crippen LogP contribution < -0.4 is 15.4 Å². The van der Waals surface area contributed by atoms with Gasteiger partial charge in [0.25, 0.3) is 5.91 Å². The van der Waals surface area contributed by atoms with Crippen LogP contribution in [0.25, 0.3) is 0 Å². The van der Waals surface area contributed by atoms with Crippen molar-refractivity contribution in [1.29, 1.82) is 0 Å². The quantitative estimate of drug-likeness (QED) is 0.814. The second kappa shape index (κ2) is 7.41. The molecule has 24 heavy (non-hydrogen) atoms. The highest BCUT2D eigenvalue weighted by molar-refractivity contribution is 5.94. The zero-order valence-electron chi connectivity index (χ0n) is 12.1. The number of carbonyl (C=O) groups is 2. The van der Waals surface area contributed by atoms with E-state index in [-0.39, 0.29) is 12.6 Å². The van der Waals surface area contributed by atoms with Crippen molar-refractivity contribution in [2.24, 2.45) is 0 Å². The molecular formula is C13H12F6N2O3. The standard InChI is InChI=1S/C13H12F6N2O3/c1-2-20-11(23)21-10(22)6-24-9-4-7(12(14,15)16)3-8(5-9)13(17,18)19/h3-5H,2,6H2,1H3,(H2,20,21,22,23). The van der Waals surface area contributed by atoms with E-state index in [1.165, 1.54) is 0 Å². The van der Waals surface area contributed by atoms with Crippen molar-refractivity contribution in [2.75, 3.05) is 13.2 Å². The van der Waals surface area contributed by atoms with Gasteiger partial charge in [0.05, 0.1) is 11.1 Å². The van der Waals surface area contributed by atoms with Gasteiger partial charge in [-0.25, -0.2) is 4.79 Å². The van der Waals surface area contributed by atoms with Crippen LogP contribution in [-0.2, 0) is 17.1 Å². The van der Waals surface area contributed by atoms with Crippen molar-refractivity contribution < 1.29 is 40.7 Å². The summed E-state index contributed by atoms with van der Waals surface area (Å²) in [5, 5.41) is 3.99. The van der Waals surface area contributed by atoms with Crippen LogP contribution in [0.3, 0.4) is 0 Å². The highest BCUT2D eigenvalue weighted by Crippen LogP contribution is 2.38. The van der Waals surface area contributed by atoms with Gasteiger partial charge in [-0.1, -0.05) is 0 Å². The van der Waals surface area contributed by atoms with Gasteiger partial charge >= 0.3 is 18.4 Å². The number of hydrogen-bond acceptors (Lipinski definition) is 3. The van der Waals surface area contributed by atoms with Crippen LogP contribution in [0.5, 0.6) is 5.75 Å². The molecule has 1 aromatic rings. The lowest BCUT2D eigenvalue weighted by Crippen LogP contribution is -2.41.